The zero-order valence-electron chi connectivity index (χ0n) is 9.89. The molecule has 0 saturated heterocycles. The van der Waals surface area contributed by atoms with Gasteiger partial charge in [0.05, 0.1) is 10.6 Å². The SMILES string of the molecule is Cc1ccc(S(=O)(=O)Nc2ccnc(Cl)c2)cc1F. The molecule has 0 radical (unpaired) electrons. The molecule has 2 rings (SSSR count). The van der Waals surface area contributed by atoms with Crippen LogP contribution in [0.3, 0.4) is 0 Å². The summed E-state index contributed by atoms with van der Waals surface area (Å²) in [7, 11) is -3.85. The third-order valence-electron chi connectivity index (χ3n) is 2.43. The van der Waals surface area contributed by atoms with Crippen LogP contribution in [0.4, 0.5) is 10.1 Å². The summed E-state index contributed by atoms with van der Waals surface area (Å²) in [5, 5.41) is 0.162. The minimum Gasteiger partial charge on any atom is -0.279 e. The molecule has 1 aromatic carbocycles. The third kappa shape index (κ3) is 3.21. The number of hydrogen-bond donors (Lipinski definition) is 1. The van der Waals surface area contributed by atoms with Gasteiger partial charge < -0.3 is 0 Å². The van der Waals surface area contributed by atoms with Crippen molar-refractivity contribution in [1.82, 2.24) is 4.98 Å². The average molecular weight is 301 g/mol. The van der Waals surface area contributed by atoms with E-state index >= 15 is 0 Å². The van der Waals surface area contributed by atoms with E-state index in [0.29, 0.717) is 5.56 Å². The van der Waals surface area contributed by atoms with E-state index in [2.05, 4.69) is 9.71 Å². The number of sulfonamides is 1. The van der Waals surface area contributed by atoms with Gasteiger partial charge in [-0.25, -0.2) is 17.8 Å². The molecule has 0 spiro atoms. The smallest absolute Gasteiger partial charge is 0.261 e. The Hall–Kier alpha value is -1.66. The van der Waals surface area contributed by atoms with Crippen molar-refractivity contribution < 1.29 is 12.8 Å². The maximum atomic E-state index is 13.4. The van der Waals surface area contributed by atoms with Crippen LogP contribution in [-0.2, 0) is 10.0 Å². The highest BCUT2D eigenvalue weighted by Crippen LogP contribution is 2.19. The number of hydrogen-bond acceptors (Lipinski definition) is 3. The van der Waals surface area contributed by atoms with Crippen molar-refractivity contribution in [3.8, 4) is 0 Å². The molecular weight excluding hydrogens is 291 g/mol. The number of halogens is 2. The lowest BCUT2D eigenvalue weighted by atomic mass is 10.2. The molecule has 0 unspecified atom stereocenters. The molecule has 100 valence electrons. The van der Waals surface area contributed by atoms with Crippen LogP contribution in [0.25, 0.3) is 0 Å². The van der Waals surface area contributed by atoms with Gasteiger partial charge in [-0.05, 0) is 36.8 Å². The van der Waals surface area contributed by atoms with Crippen LogP contribution >= 0.6 is 11.6 Å². The molecule has 1 N–H and O–H groups in total. The molecule has 0 aliphatic rings. The van der Waals surface area contributed by atoms with Crippen molar-refractivity contribution in [2.75, 3.05) is 4.72 Å². The Balaban J connectivity index is 2.35. The molecule has 19 heavy (non-hydrogen) atoms. The van der Waals surface area contributed by atoms with Gasteiger partial charge in [-0.1, -0.05) is 17.7 Å². The van der Waals surface area contributed by atoms with Crippen LogP contribution in [0, 0.1) is 12.7 Å². The summed E-state index contributed by atoms with van der Waals surface area (Å²) < 4.78 is 39.8. The summed E-state index contributed by atoms with van der Waals surface area (Å²) in [5.74, 6) is -0.573. The first-order chi connectivity index (χ1) is 8.88. The first-order valence-corrected chi connectivity index (χ1v) is 7.15. The molecule has 0 aliphatic heterocycles. The second-order valence-electron chi connectivity index (χ2n) is 3.88. The van der Waals surface area contributed by atoms with Crippen LogP contribution in [0.5, 0.6) is 0 Å². The lowest BCUT2D eigenvalue weighted by Gasteiger charge is -2.08. The number of rotatable bonds is 3. The summed E-state index contributed by atoms with van der Waals surface area (Å²) in [6.45, 7) is 1.56. The van der Waals surface area contributed by atoms with Gasteiger partial charge in [0.2, 0.25) is 0 Å². The number of aromatic nitrogens is 1. The third-order valence-corrected chi connectivity index (χ3v) is 4.02. The van der Waals surface area contributed by atoms with Crippen molar-refractivity contribution in [3.63, 3.8) is 0 Å². The molecule has 0 fully saturated rings. The highest BCUT2D eigenvalue weighted by molar-refractivity contribution is 7.92. The summed E-state index contributed by atoms with van der Waals surface area (Å²) >= 11 is 5.66. The molecule has 0 atom stereocenters. The van der Waals surface area contributed by atoms with Crippen LogP contribution in [0.15, 0.2) is 41.4 Å². The Morgan fingerprint density at radius 1 is 1.26 bits per heavy atom. The molecule has 4 nitrogen and oxygen atoms in total. The molecule has 0 saturated carbocycles. The van der Waals surface area contributed by atoms with Crippen LogP contribution in [0.2, 0.25) is 5.15 Å². The minimum atomic E-state index is -3.85. The van der Waals surface area contributed by atoms with Gasteiger partial charge in [-0.3, -0.25) is 4.72 Å². The zero-order valence-corrected chi connectivity index (χ0v) is 11.5. The molecule has 0 bridgehead atoms. The lowest BCUT2D eigenvalue weighted by molar-refractivity contribution is 0.593. The number of nitrogens with zero attached hydrogens (tertiary/aromatic N) is 1. The van der Waals surface area contributed by atoms with E-state index in [1.165, 1.54) is 30.5 Å². The number of aryl methyl sites for hydroxylation is 1. The van der Waals surface area contributed by atoms with E-state index in [4.69, 9.17) is 11.6 Å². The fourth-order valence-corrected chi connectivity index (χ4v) is 2.66. The topological polar surface area (TPSA) is 59.1 Å². The Morgan fingerprint density at radius 3 is 2.63 bits per heavy atom. The van der Waals surface area contributed by atoms with Gasteiger partial charge in [-0.15, -0.1) is 0 Å². The van der Waals surface area contributed by atoms with E-state index < -0.39 is 15.8 Å². The fourth-order valence-electron chi connectivity index (χ4n) is 1.42. The van der Waals surface area contributed by atoms with Crippen LogP contribution in [-0.4, -0.2) is 13.4 Å². The molecule has 1 heterocycles. The van der Waals surface area contributed by atoms with Crippen molar-refractivity contribution in [1.29, 1.82) is 0 Å². The van der Waals surface area contributed by atoms with Gasteiger partial charge >= 0.3 is 0 Å². The quantitative estimate of drug-likeness (QED) is 0.887. The summed E-state index contributed by atoms with van der Waals surface area (Å²) in [6.07, 6.45) is 1.37. The van der Waals surface area contributed by atoms with E-state index in [-0.39, 0.29) is 15.7 Å². The van der Waals surface area contributed by atoms with Gasteiger partial charge in [-0.2, -0.15) is 0 Å². The van der Waals surface area contributed by atoms with Gasteiger partial charge in [0.25, 0.3) is 10.0 Å². The Bertz CT molecular complexity index is 719. The van der Waals surface area contributed by atoms with Crippen molar-refractivity contribution >= 4 is 27.3 Å². The Labute approximate surface area is 115 Å². The largest absolute Gasteiger partial charge is 0.279 e. The lowest BCUT2D eigenvalue weighted by Crippen LogP contribution is -2.13. The fraction of sp³-hybridized carbons (Fsp3) is 0.0833. The summed E-state index contributed by atoms with van der Waals surface area (Å²) in [4.78, 5) is 3.59. The molecule has 0 amide bonds. The highest BCUT2D eigenvalue weighted by atomic mass is 35.5. The first-order valence-electron chi connectivity index (χ1n) is 5.29. The van der Waals surface area contributed by atoms with Gasteiger partial charge in [0, 0.05) is 6.20 Å². The first kappa shape index (κ1) is 13.8. The van der Waals surface area contributed by atoms with Crippen molar-refractivity contribution in [2.24, 2.45) is 0 Å². The highest BCUT2D eigenvalue weighted by Gasteiger charge is 2.15. The van der Waals surface area contributed by atoms with Crippen LogP contribution in [0.1, 0.15) is 5.56 Å². The molecule has 2 aromatic rings. The number of benzene rings is 1. The second kappa shape index (κ2) is 5.14. The maximum Gasteiger partial charge on any atom is 0.261 e. The number of nitrogens with one attached hydrogen (secondary N) is 1. The van der Waals surface area contributed by atoms with E-state index in [1.807, 2.05) is 0 Å². The molecule has 7 heteroatoms. The van der Waals surface area contributed by atoms with Crippen molar-refractivity contribution in [3.05, 3.63) is 53.1 Å². The second-order valence-corrected chi connectivity index (χ2v) is 5.95. The number of anilines is 1. The van der Waals surface area contributed by atoms with Crippen molar-refractivity contribution in [2.45, 2.75) is 11.8 Å². The number of pyridine rings is 1. The van der Waals surface area contributed by atoms with Crippen LogP contribution < -0.4 is 4.72 Å². The standard InChI is InChI=1S/C12H10ClFN2O2S/c1-8-2-3-10(7-11(8)14)19(17,18)16-9-4-5-15-12(13)6-9/h2-7H,1H3,(H,15,16). The average Bonchev–Trinajstić information content (AvgIpc) is 2.32. The predicted molar refractivity (Wildman–Crippen MR) is 71.2 cm³/mol. The summed E-state index contributed by atoms with van der Waals surface area (Å²) in [6, 6.07) is 6.53. The minimum absolute atomic E-state index is 0.150. The van der Waals surface area contributed by atoms with E-state index in [9.17, 15) is 12.8 Å². The monoisotopic (exact) mass is 300 g/mol. The summed E-state index contributed by atoms with van der Waals surface area (Å²) in [5.41, 5.74) is 0.645. The van der Waals surface area contributed by atoms with Gasteiger partial charge in [0.1, 0.15) is 11.0 Å². The van der Waals surface area contributed by atoms with Gasteiger partial charge in [0.15, 0.2) is 0 Å². The molecule has 1 aromatic heterocycles. The normalized spacial score (nSPS) is 11.3. The zero-order chi connectivity index (χ0) is 14.0. The predicted octanol–water partition coefficient (Wildman–Crippen LogP) is 2.98. The molecular formula is C12H10ClFN2O2S. The maximum absolute atomic E-state index is 13.4. The van der Waals surface area contributed by atoms with E-state index in [0.717, 1.165) is 6.07 Å². The Morgan fingerprint density at radius 2 is 2.00 bits per heavy atom. The Kier molecular flexibility index (Phi) is 3.73. The van der Waals surface area contributed by atoms with E-state index in [1.54, 1.807) is 6.92 Å². The molecule has 0 aliphatic carbocycles.